The zero-order valence-electron chi connectivity index (χ0n) is 3.28. The summed E-state index contributed by atoms with van der Waals surface area (Å²) in [5, 5.41) is 0. The Balaban J connectivity index is 0. The maximum atomic E-state index is 4.90. The summed E-state index contributed by atoms with van der Waals surface area (Å²) in [6.45, 7) is 1.19. The molecule has 0 atom stereocenters. The fourth-order valence-corrected chi connectivity index (χ4v) is 0. The normalized spacial score (nSPS) is 6.00. The molecule has 0 heterocycles. The monoisotopic (exact) mass is 100 g/mol. The minimum absolute atomic E-state index is 0. The van der Waals surface area contributed by atoms with Crippen molar-refractivity contribution in [2.24, 2.45) is 11.5 Å². The van der Waals surface area contributed by atoms with Crippen LogP contribution in [0.2, 0.25) is 0 Å². The van der Waals surface area contributed by atoms with E-state index in [1.165, 1.54) is 0 Å². The van der Waals surface area contributed by atoms with Gasteiger partial charge in [0.1, 0.15) is 0 Å². The van der Waals surface area contributed by atoms with Gasteiger partial charge in [-0.3, -0.25) is 0 Å². The Bertz CT molecular complexity index is 9.61. The zero-order chi connectivity index (χ0) is 3.41. The van der Waals surface area contributed by atoms with Gasteiger partial charge in [-0.2, -0.15) is 0 Å². The van der Waals surface area contributed by atoms with Gasteiger partial charge in [-0.25, -0.2) is 0 Å². The van der Waals surface area contributed by atoms with Crippen LogP contribution in [0.4, 0.5) is 0 Å². The molecule has 28 valence electrons. The second-order valence-corrected chi connectivity index (χ2v) is 0.577. The second-order valence-electron chi connectivity index (χ2n) is 0.577. The van der Waals surface area contributed by atoms with Crippen molar-refractivity contribution in [3.8, 4) is 0 Å². The third kappa shape index (κ3) is 11.0. The molecule has 0 rings (SSSR count). The van der Waals surface area contributed by atoms with Gasteiger partial charge < -0.3 is 11.5 Å². The van der Waals surface area contributed by atoms with Gasteiger partial charge in [-0.15, -0.1) is 0 Å². The predicted octanol–water partition coefficient (Wildman–Crippen LogP) is -1.48. The van der Waals surface area contributed by atoms with Crippen LogP contribution in [-0.4, -0.2) is 50.8 Å². The summed E-state index contributed by atoms with van der Waals surface area (Å²) in [4.78, 5) is 0. The Labute approximate surface area is 61.9 Å². The van der Waals surface area contributed by atoms with Crippen LogP contribution in [0.5, 0.6) is 0 Å². The van der Waals surface area contributed by atoms with E-state index in [1.54, 1.807) is 0 Å². The molecule has 0 aromatic rings. The van der Waals surface area contributed by atoms with E-state index in [0.29, 0.717) is 13.1 Å². The van der Waals surface area contributed by atoms with Gasteiger partial charge in [0.15, 0.2) is 0 Å². The van der Waals surface area contributed by atoms with Crippen molar-refractivity contribution in [1.82, 2.24) is 0 Å². The van der Waals surface area contributed by atoms with Gasteiger partial charge in [0.2, 0.25) is 0 Å². The molecule has 0 saturated carbocycles. The summed E-state index contributed by atoms with van der Waals surface area (Å²) in [6.07, 6.45) is 0. The van der Waals surface area contributed by atoms with Crippen molar-refractivity contribution in [3.05, 3.63) is 0 Å². The van der Waals surface area contributed by atoms with E-state index in [2.05, 4.69) is 0 Å². The smallest absolute Gasteiger partial charge is 0.00461 e. The SMILES string of the molecule is NCCN.[Ca]. The van der Waals surface area contributed by atoms with Gasteiger partial charge in [-0.05, 0) is 0 Å². The van der Waals surface area contributed by atoms with E-state index in [4.69, 9.17) is 11.5 Å². The fraction of sp³-hybridized carbons (Fsp3) is 1.00. The molecule has 0 fully saturated rings. The number of hydrogen-bond donors (Lipinski definition) is 2. The first kappa shape index (κ1) is 9.49. The molecule has 4 N–H and O–H groups in total. The summed E-state index contributed by atoms with van der Waals surface area (Å²) >= 11 is 0. The maximum absolute atomic E-state index is 4.90. The molecule has 0 amide bonds. The van der Waals surface area contributed by atoms with Gasteiger partial charge in [0.05, 0.1) is 0 Å². The molecule has 2 radical (unpaired) electrons. The van der Waals surface area contributed by atoms with E-state index in [0.717, 1.165) is 0 Å². The topological polar surface area (TPSA) is 52.0 Å². The average Bonchev–Trinajstić information content (AvgIpc) is 1.37. The van der Waals surface area contributed by atoms with E-state index < -0.39 is 0 Å². The predicted molar refractivity (Wildman–Crippen MR) is 23.9 cm³/mol. The van der Waals surface area contributed by atoms with Crippen LogP contribution in [0.25, 0.3) is 0 Å². The van der Waals surface area contributed by atoms with Crippen molar-refractivity contribution in [2.75, 3.05) is 13.1 Å². The number of rotatable bonds is 1. The molecule has 0 spiro atoms. The molecule has 3 heteroatoms. The first-order chi connectivity index (χ1) is 1.91. The minimum atomic E-state index is 0. The maximum Gasteiger partial charge on any atom is 0.00461 e. The quantitative estimate of drug-likeness (QED) is 0.395. The molecular formula is C2H8CaN2. The molecule has 2 nitrogen and oxygen atoms in total. The van der Waals surface area contributed by atoms with Crippen LogP contribution in [0.15, 0.2) is 0 Å². The first-order valence-corrected chi connectivity index (χ1v) is 1.32. The third-order valence-electron chi connectivity index (χ3n) is 0.167. The molecule has 0 unspecified atom stereocenters. The summed E-state index contributed by atoms with van der Waals surface area (Å²) in [5.41, 5.74) is 9.81. The Hall–Kier alpha value is 1.18. The van der Waals surface area contributed by atoms with Crippen LogP contribution in [0.1, 0.15) is 0 Å². The molecule has 0 aliphatic rings. The molecule has 0 aliphatic heterocycles. The third-order valence-corrected chi connectivity index (χ3v) is 0.167. The van der Waals surface area contributed by atoms with E-state index in [9.17, 15) is 0 Å². The molecule has 5 heavy (non-hydrogen) atoms. The van der Waals surface area contributed by atoms with Crippen molar-refractivity contribution in [3.63, 3.8) is 0 Å². The van der Waals surface area contributed by atoms with Gasteiger partial charge in [0, 0.05) is 50.8 Å². The Morgan fingerprint density at radius 2 is 1.20 bits per heavy atom. The van der Waals surface area contributed by atoms with Crippen molar-refractivity contribution < 1.29 is 0 Å². The Morgan fingerprint density at radius 1 is 1.00 bits per heavy atom. The van der Waals surface area contributed by atoms with Crippen molar-refractivity contribution in [1.29, 1.82) is 0 Å². The van der Waals surface area contributed by atoms with Crippen LogP contribution < -0.4 is 11.5 Å². The van der Waals surface area contributed by atoms with Crippen molar-refractivity contribution >= 4 is 37.7 Å². The summed E-state index contributed by atoms with van der Waals surface area (Å²) in [5.74, 6) is 0. The van der Waals surface area contributed by atoms with Crippen LogP contribution >= 0.6 is 0 Å². The van der Waals surface area contributed by atoms with E-state index >= 15 is 0 Å². The largest absolute Gasteiger partial charge is 0.329 e. The van der Waals surface area contributed by atoms with E-state index in [-0.39, 0.29) is 37.7 Å². The Kier molecular flexibility index (Phi) is 17.0. The number of hydrogen-bond acceptors (Lipinski definition) is 2. The molecule has 0 saturated heterocycles. The van der Waals surface area contributed by atoms with Crippen molar-refractivity contribution in [2.45, 2.75) is 0 Å². The molecule has 0 aromatic heterocycles. The van der Waals surface area contributed by atoms with Gasteiger partial charge in [-0.1, -0.05) is 0 Å². The second kappa shape index (κ2) is 8.95. The minimum Gasteiger partial charge on any atom is -0.329 e. The summed E-state index contributed by atoms with van der Waals surface area (Å²) in [6, 6.07) is 0. The molecule has 0 aliphatic carbocycles. The molecule has 0 aromatic carbocycles. The average molecular weight is 100 g/mol. The molecular weight excluding hydrogens is 92.1 g/mol. The number of nitrogens with two attached hydrogens (primary N) is 2. The van der Waals surface area contributed by atoms with Crippen LogP contribution in [0.3, 0.4) is 0 Å². The van der Waals surface area contributed by atoms with E-state index in [1.807, 2.05) is 0 Å². The zero-order valence-corrected chi connectivity index (χ0v) is 5.48. The summed E-state index contributed by atoms with van der Waals surface area (Å²) in [7, 11) is 0. The fourth-order valence-electron chi connectivity index (χ4n) is 0. The van der Waals surface area contributed by atoms with Crippen LogP contribution in [0, 0.1) is 0 Å². The van der Waals surface area contributed by atoms with Gasteiger partial charge in [0.25, 0.3) is 0 Å². The Morgan fingerprint density at radius 3 is 1.20 bits per heavy atom. The van der Waals surface area contributed by atoms with Crippen LogP contribution in [-0.2, 0) is 0 Å². The molecule has 0 bridgehead atoms. The summed E-state index contributed by atoms with van der Waals surface area (Å²) < 4.78 is 0. The van der Waals surface area contributed by atoms with Gasteiger partial charge >= 0.3 is 0 Å². The standard InChI is InChI=1S/C2H8N2.Ca/c3-1-2-4;/h1-4H2;. The first-order valence-electron chi connectivity index (χ1n) is 1.32.